The molecule has 0 bridgehead atoms. The molecule has 2 nitrogen and oxygen atoms in total. The standard InChI is InChI=1S/C17H16N2/c1-11-6-4-5-7-14(11)17-10-18-15-8-12(2)13(3)9-16(15)19-17/h4-10H,1-3H3. The number of nitrogens with zero attached hydrogens (tertiary/aromatic N) is 2. The van der Waals surface area contributed by atoms with Crippen molar-refractivity contribution in [3.8, 4) is 11.3 Å². The van der Waals surface area contributed by atoms with Gasteiger partial charge in [0.2, 0.25) is 0 Å². The van der Waals surface area contributed by atoms with Gasteiger partial charge in [0.05, 0.1) is 22.9 Å². The minimum Gasteiger partial charge on any atom is -0.252 e. The monoisotopic (exact) mass is 248 g/mol. The summed E-state index contributed by atoms with van der Waals surface area (Å²) in [4.78, 5) is 9.28. The number of aryl methyl sites for hydroxylation is 3. The lowest BCUT2D eigenvalue weighted by Gasteiger charge is -2.07. The highest BCUT2D eigenvalue weighted by Crippen LogP contribution is 2.23. The van der Waals surface area contributed by atoms with Crippen LogP contribution in [0.3, 0.4) is 0 Å². The first kappa shape index (κ1) is 11.8. The van der Waals surface area contributed by atoms with Crippen molar-refractivity contribution in [1.82, 2.24) is 9.97 Å². The minimum atomic E-state index is 0.939. The summed E-state index contributed by atoms with van der Waals surface area (Å²) in [7, 11) is 0. The van der Waals surface area contributed by atoms with Crippen LogP contribution in [0.4, 0.5) is 0 Å². The molecule has 0 atom stereocenters. The maximum atomic E-state index is 4.75. The molecule has 0 aliphatic rings. The number of hydrogen-bond donors (Lipinski definition) is 0. The second-order valence-electron chi connectivity index (χ2n) is 5.00. The normalized spacial score (nSPS) is 10.9. The molecule has 2 heteroatoms. The van der Waals surface area contributed by atoms with Crippen molar-refractivity contribution >= 4 is 11.0 Å². The molecule has 3 aromatic rings. The summed E-state index contributed by atoms with van der Waals surface area (Å²) in [6, 6.07) is 12.5. The SMILES string of the molecule is Cc1cc2ncc(-c3ccccc3C)nc2cc1C. The van der Waals surface area contributed by atoms with Crippen LogP contribution in [0, 0.1) is 20.8 Å². The van der Waals surface area contributed by atoms with Crippen LogP contribution >= 0.6 is 0 Å². The van der Waals surface area contributed by atoms with Crippen LogP contribution < -0.4 is 0 Å². The third kappa shape index (κ3) is 2.10. The highest BCUT2D eigenvalue weighted by molar-refractivity contribution is 5.79. The van der Waals surface area contributed by atoms with Gasteiger partial charge in [0.1, 0.15) is 0 Å². The summed E-state index contributed by atoms with van der Waals surface area (Å²) in [5, 5.41) is 0. The van der Waals surface area contributed by atoms with E-state index in [2.05, 4.69) is 50.0 Å². The van der Waals surface area contributed by atoms with Gasteiger partial charge in [0, 0.05) is 5.56 Å². The van der Waals surface area contributed by atoms with Gasteiger partial charge in [0.15, 0.2) is 0 Å². The third-order valence-corrected chi connectivity index (χ3v) is 3.58. The molecule has 0 aliphatic heterocycles. The molecule has 0 saturated heterocycles. The van der Waals surface area contributed by atoms with E-state index in [0.717, 1.165) is 22.3 Å². The fourth-order valence-electron chi connectivity index (χ4n) is 2.26. The Hall–Kier alpha value is -2.22. The number of fused-ring (bicyclic) bond motifs is 1. The van der Waals surface area contributed by atoms with Gasteiger partial charge in [-0.15, -0.1) is 0 Å². The fraction of sp³-hybridized carbons (Fsp3) is 0.176. The Morgan fingerprint density at radius 1 is 0.789 bits per heavy atom. The second kappa shape index (κ2) is 4.47. The Bertz CT molecular complexity index is 760. The molecule has 2 aromatic carbocycles. The van der Waals surface area contributed by atoms with E-state index in [1.807, 2.05) is 18.3 Å². The summed E-state index contributed by atoms with van der Waals surface area (Å²) in [6.07, 6.45) is 1.86. The zero-order chi connectivity index (χ0) is 13.4. The average Bonchev–Trinajstić information content (AvgIpc) is 2.40. The average molecular weight is 248 g/mol. The molecule has 1 aromatic heterocycles. The number of benzene rings is 2. The van der Waals surface area contributed by atoms with Crippen LogP contribution in [0.2, 0.25) is 0 Å². The molecule has 0 aliphatic carbocycles. The van der Waals surface area contributed by atoms with E-state index in [4.69, 9.17) is 4.98 Å². The van der Waals surface area contributed by atoms with Gasteiger partial charge in [-0.2, -0.15) is 0 Å². The van der Waals surface area contributed by atoms with Crippen molar-refractivity contribution in [2.24, 2.45) is 0 Å². The largest absolute Gasteiger partial charge is 0.252 e. The van der Waals surface area contributed by atoms with Crippen molar-refractivity contribution in [3.05, 3.63) is 59.3 Å². The van der Waals surface area contributed by atoms with Gasteiger partial charge >= 0.3 is 0 Å². The molecule has 0 fully saturated rings. The molecule has 0 saturated carbocycles. The molecular formula is C17H16N2. The highest BCUT2D eigenvalue weighted by Gasteiger charge is 2.06. The number of aromatic nitrogens is 2. The molecule has 0 unspecified atom stereocenters. The van der Waals surface area contributed by atoms with E-state index in [1.165, 1.54) is 16.7 Å². The van der Waals surface area contributed by atoms with Gasteiger partial charge in [-0.25, -0.2) is 4.98 Å². The summed E-state index contributed by atoms with van der Waals surface area (Å²) in [6.45, 7) is 6.31. The van der Waals surface area contributed by atoms with Crippen molar-refractivity contribution in [2.45, 2.75) is 20.8 Å². The van der Waals surface area contributed by atoms with Crippen molar-refractivity contribution in [3.63, 3.8) is 0 Å². The van der Waals surface area contributed by atoms with E-state index < -0.39 is 0 Å². The van der Waals surface area contributed by atoms with Crippen LogP contribution in [0.25, 0.3) is 22.3 Å². The van der Waals surface area contributed by atoms with Crippen LogP contribution in [0.5, 0.6) is 0 Å². The molecule has 0 spiro atoms. The van der Waals surface area contributed by atoms with Crippen molar-refractivity contribution < 1.29 is 0 Å². The zero-order valence-corrected chi connectivity index (χ0v) is 11.4. The number of rotatable bonds is 1. The topological polar surface area (TPSA) is 25.8 Å². The van der Waals surface area contributed by atoms with E-state index in [1.54, 1.807) is 0 Å². The Morgan fingerprint density at radius 3 is 2.21 bits per heavy atom. The summed E-state index contributed by atoms with van der Waals surface area (Å²) >= 11 is 0. The molecule has 3 rings (SSSR count). The molecule has 1 heterocycles. The zero-order valence-electron chi connectivity index (χ0n) is 11.4. The molecule has 0 amide bonds. The predicted octanol–water partition coefficient (Wildman–Crippen LogP) is 4.22. The first-order chi connectivity index (χ1) is 9.15. The van der Waals surface area contributed by atoms with Gasteiger partial charge in [-0.05, 0) is 49.6 Å². The minimum absolute atomic E-state index is 0.939. The van der Waals surface area contributed by atoms with E-state index in [-0.39, 0.29) is 0 Å². The Kier molecular flexibility index (Phi) is 2.79. The summed E-state index contributed by atoms with van der Waals surface area (Å²) < 4.78 is 0. The second-order valence-corrected chi connectivity index (χ2v) is 5.00. The lowest BCUT2D eigenvalue weighted by atomic mass is 10.1. The first-order valence-electron chi connectivity index (χ1n) is 6.45. The number of hydrogen-bond acceptors (Lipinski definition) is 2. The highest BCUT2D eigenvalue weighted by atomic mass is 14.8. The molecule has 19 heavy (non-hydrogen) atoms. The van der Waals surface area contributed by atoms with Crippen molar-refractivity contribution in [1.29, 1.82) is 0 Å². The molecule has 0 N–H and O–H groups in total. The van der Waals surface area contributed by atoms with Gasteiger partial charge in [-0.1, -0.05) is 24.3 Å². The Morgan fingerprint density at radius 2 is 1.47 bits per heavy atom. The van der Waals surface area contributed by atoms with Gasteiger partial charge < -0.3 is 0 Å². The maximum absolute atomic E-state index is 4.75. The first-order valence-corrected chi connectivity index (χ1v) is 6.45. The smallest absolute Gasteiger partial charge is 0.0897 e. The van der Waals surface area contributed by atoms with E-state index in [0.29, 0.717) is 0 Å². The quantitative estimate of drug-likeness (QED) is 0.644. The summed E-state index contributed by atoms with van der Waals surface area (Å²) in [5.41, 5.74) is 7.74. The molecule has 94 valence electrons. The van der Waals surface area contributed by atoms with Crippen LogP contribution in [-0.4, -0.2) is 9.97 Å². The van der Waals surface area contributed by atoms with Gasteiger partial charge in [0.25, 0.3) is 0 Å². The van der Waals surface area contributed by atoms with Crippen molar-refractivity contribution in [2.75, 3.05) is 0 Å². The summed E-state index contributed by atoms with van der Waals surface area (Å²) in [5.74, 6) is 0. The molecular weight excluding hydrogens is 232 g/mol. The van der Waals surface area contributed by atoms with E-state index in [9.17, 15) is 0 Å². The van der Waals surface area contributed by atoms with Gasteiger partial charge in [-0.3, -0.25) is 4.98 Å². The third-order valence-electron chi connectivity index (χ3n) is 3.58. The van der Waals surface area contributed by atoms with E-state index >= 15 is 0 Å². The maximum Gasteiger partial charge on any atom is 0.0897 e. The fourth-order valence-corrected chi connectivity index (χ4v) is 2.26. The lowest BCUT2D eigenvalue weighted by Crippen LogP contribution is -1.92. The predicted molar refractivity (Wildman–Crippen MR) is 79.2 cm³/mol. The van der Waals surface area contributed by atoms with Crippen LogP contribution in [0.1, 0.15) is 16.7 Å². The van der Waals surface area contributed by atoms with Crippen LogP contribution in [0.15, 0.2) is 42.6 Å². The van der Waals surface area contributed by atoms with Crippen LogP contribution in [-0.2, 0) is 0 Å². The molecule has 0 radical (unpaired) electrons. The lowest BCUT2D eigenvalue weighted by molar-refractivity contribution is 1.25. The Balaban J connectivity index is 2.22. The Labute approximate surface area is 113 Å².